The van der Waals surface area contributed by atoms with Gasteiger partial charge in [0.15, 0.2) is 11.1 Å². The van der Waals surface area contributed by atoms with E-state index in [0.29, 0.717) is 12.8 Å². The number of carboxylic acid groups (broad SMARTS) is 2. The van der Waals surface area contributed by atoms with Gasteiger partial charge in [-0.25, -0.2) is 9.59 Å². The molecular weight excluding hydrogens is 380 g/mol. The van der Waals surface area contributed by atoms with Crippen LogP contribution in [0.2, 0.25) is 0 Å². The minimum atomic E-state index is -1.36. The molecule has 0 fully saturated rings. The van der Waals surface area contributed by atoms with Gasteiger partial charge in [-0.2, -0.15) is 10.2 Å². The lowest BCUT2D eigenvalue weighted by Crippen LogP contribution is -2.37. The molecule has 0 rings (SSSR count). The first-order valence-electron chi connectivity index (χ1n) is 12.1. The summed E-state index contributed by atoms with van der Waals surface area (Å²) in [7, 11) is 0. The number of aliphatic carboxylic acids is 2. The molecule has 0 aliphatic heterocycles. The van der Waals surface area contributed by atoms with Crippen molar-refractivity contribution in [1.82, 2.24) is 0 Å². The number of hydrogen-bond donors (Lipinski definition) is 2. The SMILES string of the molecule is CCCCCCCCCC(C)(N=NC(C)(CCCCCCCCC)C(=O)O)C(=O)O. The minimum absolute atomic E-state index is 0.382. The minimum Gasteiger partial charge on any atom is -0.479 e. The molecule has 0 aromatic rings. The van der Waals surface area contributed by atoms with Crippen LogP contribution in [0.1, 0.15) is 130 Å². The molecule has 0 saturated carbocycles. The Balaban J connectivity index is 4.65. The van der Waals surface area contributed by atoms with Crippen LogP contribution in [0, 0.1) is 0 Å². The predicted octanol–water partition coefficient (Wildman–Crippen LogP) is 7.41. The Morgan fingerprint density at radius 3 is 1.10 bits per heavy atom. The third-order valence-electron chi connectivity index (χ3n) is 5.95. The van der Waals surface area contributed by atoms with E-state index in [9.17, 15) is 19.8 Å². The highest BCUT2D eigenvalue weighted by molar-refractivity contribution is 5.79. The van der Waals surface area contributed by atoms with E-state index < -0.39 is 23.0 Å². The fourth-order valence-corrected chi connectivity index (χ4v) is 3.47. The van der Waals surface area contributed by atoms with E-state index in [0.717, 1.165) is 38.5 Å². The molecule has 6 nitrogen and oxygen atoms in total. The first-order chi connectivity index (χ1) is 14.2. The van der Waals surface area contributed by atoms with E-state index in [2.05, 4.69) is 24.1 Å². The van der Waals surface area contributed by atoms with E-state index in [1.807, 2.05) is 0 Å². The van der Waals surface area contributed by atoms with Crippen LogP contribution in [0.3, 0.4) is 0 Å². The number of rotatable bonds is 20. The predicted molar refractivity (Wildman–Crippen MR) is 122 cm³/mol. The molecule has 0 bridgehead atoms. The van der Waals surface area contributed by atoms with Crippen molar-refractivity contribution in [2.24, 2.45) is 10.2 Å². The maximum atomic E-state index is 11.8. The molecule has 2 N–H and O–H groups in total. The second-order valence-electron chi connectivity index (χ2n) is 9.10. The zero-order chi connectivity index (χ0) is 22.9. The van der Waals surface area contributed by atoms with Gasteiger partial charge in [-0.1, -0.05) is 104 Å². The third kappa shape index (κ3) is 12.3. The lowest BCUT2D eigenvalue weighted by atomic mass is 9.93. The fraction of sp³-hybridized carbons (Fsp3) is 0.917. The van der Waals surface area contributed by atoms with Gasteiger partial charge >= 0.3 is 11.9 Å². The molecule has 2 atom stereocenters. The van der Waals surface area contributed by atoms with Gasteiger partial charge in [0.05, 0.1) is 0 Å². The molecule has 0 spiro atoms. The van der Waals surface area contributed by atoms with Crippen LogP contribution in [0.25, 0.3) is 0 Å². The molecule has 0 heterocycles. The summed E-state index contributed by atoms with van der Waals surface area (Å²) in [6.07, 6.45) is 16.1. The molecule has 0 aromatic carbocycles. The fourth-order valence-electron chi connectivity index (χ4n) is 3.47. The number of nitrogens with zero attached hydrogens (tertiary/aromatic N) is 2. The quantitative estimate of drug-likeness (QED) is 0.156. The number of carboxylic acids is 2. The Hall–Kier alpha value is -1.46. The lowest BCUT2D eigenvalue weighted by Gasteiger charge is -2.23. The molecule has 2 unspecified atom stereocenters. The van der Waals surface area contributed by atoms with Gasteiger partial charge in [-0.15, -0.1) is 0 Å². The molecule has 30 heavy (non-hydrogen) atoms. The van der Waals surface area contributed by atoms with E-state index in [1.165, 1.54) is 51.4 Å². The summed E-state index contributed by atoms with van der Waals surface area (Å²) in [6, 6.07) is 0. The van der Waals surface area contributed by atoms with Crippen molar-refractivity contribution in [2.45, 2.75) is 142 Å². The first kappa shape index (κ1) is 28.5. The van der Waals surface area contributed by atoms with Crippen LogP contribution >= 0.6 is 0 Å². The largest absolute Gasteiger partial charge is 0.479 e. The topological polar surface area (TPSA) is 99.3 Å². The van der Waals surface area contributed by atoms with Crippen molar-refractivity contribution in [3.8, 4) is 0 Å². The Kier molecular flexibility index (Phi) is 15.5. The summed E-state index contributed by atoms with van der Waals surface area (Å²) in [5, 5.41) is 27.5. The Labute approximate surface area is 183 Å². The summed E-state index contributed by atoms with van der Waals surface area (Å²) < 4.78 is 0. The number of carbonyl (C=O) groups is 2. The van der Waals surface area contributed by atoms with Crippen molar-refractivity contribution in [1.29, 1.82) is 0 Å². The second kappa shape index (κ2) is 16.3. The maximum Gasteiger partial charge on any atom is 0.333 e. The number of azo groups is 1. The maximum absolute atomic E-state index is 11.8. The van der Waals surface area contributed by atoms with Crippen LogP contribution in [0.5, 0.6) is 0 Å². The number of hydrogen-bond acceptors (Lipinski definition) is 4. The summed E-state index contributed by atoms with van der Waals surface area (Å²) in [5.74, 6) is -2.08. The molecule has 176 valence electrons. The standard InChI is InChI=1S/C24H46N2O4/c1-5-7-9-11-13-15-17-19-23(3,21(27)28)25-26-24(4,22(29)30)20-18-16-14-12-10-8-6-2/h5-20H2,1-4H3,(H,27,28)(H,29,30). The third-order valence-corrected chi connectivity index (χ3v) is 5.95. The molecule has 0 aromatic heterocycles. The van der Waals surface area contributed by atoms with Crippen molar-refractivity contribution in [2.75, 3.05) is 0 Å². The van der Waals surface area contributed by atoms with Crippen molar-refractivity contribution < 1.29 is 19.8 Å². The van der Waals surface area contributed by atoms with E-state index in [4.69, 9.17) is 0 Å². The van der Waals surface area contributed by atoms with Gasteiger partial charge in [0.2, 0.25) is 0 Å². The van der Waals surface area contributed by atoms with Crippen LogP contribution in [0.15, 0.2) is 10.2 Å². The number of unbranched alkanes of at least 4 members (excludes halogenated alkanes) is 12. The van der Waals surface area contributed by atoms with Crippen LogP contribution in [-0.4, -0.2) is 33.2 Å². The first-order valence-corrected chi connectivity index (χ1v) is 12.1. The van der Waals surface area contributed by atoms with E-state index in [-0.39, 0.29) is 0 Å². The van der Waals surface area contributed by atoms with Crippen molar-refractivity contribution in [3.63, 3.8) is 0 Å². The van der Waals surface area contributed by atoms with Gasteiger partial charge in [0.25, 0.3) is 0 Å². The average molecular weight is 427 g/mol. The summed E-state index contributed by atoms with van der Waals surface area (Å²) in [4.78, 5) is 23.6. The monoisotopic (exact) mass is 426 g/mol. The van der Waals surface area contributed by atoms with Crippen LogP contribution < -0.4 is 0 Å². The second-order valence-corrected chi connectivity index (χ2v) is 9.10. The van der Waals surface area contributed by atoms with Gasteiger partial charge in [0.1, 0.15) is 0 Å². The van der Waals surface area contributed by atoms with Gasteiger partial charge in [-0.3, -0.25) is 0 Å². The van der Waals surface area contributed by atoms with Crippen molar-refractivity contribution in [3.05, 3.63) is 0 Å². The van der Waals surface area contributed by atoms with Gasteiger partial charge < -0.3 is 10.2 Å². The lowest BCUT2D eigenvalue weighted by molar-refractivity contribution is -0.145. The summed E-state index contributed by atoms with van der Waals surface area (Å²) in [5.41, 5.74) is -2.72. The van der Waals surface area contributed by atoms with E-state index in [1.54, 1.807) is 13.8 Å². The van der Waals surface area contributed by atoms with E-state index >= 15 is 0 Å². The molecule has 0 aliphatic carbocycles. The highest BCUT2D eigenvalue weighted by atomic mass is 16.4. The molecule has 0 aliphatic rings. The molecule has 0 radical (unpaired) electrons. The molecular formula is C24H46N2O4. The zero-order valence-electron chi connectivity index (χ0n) is 19.9. The van der Waals surface area contributed by atoms with Crippen LogP contribution in [0.4, 0.5) is 0 Å². The summed E-state index contributed by atoms with van der Waals surface area (Å²) >= 11 is 0. The smallest absolute Gasteiger partial charge is 0.333 e. The molecule has 0 amide bonds. The van der Waals surface area contributed by atoms with Crippen LogP contribution in [-0.2, 0) is 9.59 Å². The zero-order valence-corrected chi connectivity index (χ0v) is 19.9. The highest BCUT2D eigenvalue weighted by Crippen LogP contribution is 2.27. The highest BCUT2D eigenvalue weighted by Gasteiger charge is 2.37. The molecule has 0 saturated heterocycles. The molecule has 6 heteroatoms. The summed E-state index contributed by atoms with van der Waals surface area (Å²) in [6.45, 7) is 7.46. The Morgan fingerprint density at radius 2 is 0.833 bits per heavy atom. The van der Waals surface area contributed by atoms with Crippen molar-refractivity contribution >= 4 is 11.9 Å². The van der Waals surface area contributed by atoms with Gasteiger partial charge in [0, 0.05) is 0 Å². The average Bonchev–Trinajstić information content (AvgIpc) is 2.70. The Bertz CT molecular complexity index is 465. The Morgan fingerprint density at radius 1 is 0.567 bits per heavy atom. The normalized spacial score (nSPS) is 15.7. The van der Waals surface area contributed by atoms with Gasteiger partial charge in [-0.05, 0) is 26.7 Å².